The molecule has 118 valence electrons. The standard InChI is InChI=1S/C16H20BrN3O2/c1-9(2)6-11-8-16(14(21)20(3)15(18)19-16)12-7-10(17)4-5-13(12)22-11/h4-5,7,9,11H,6,8H2,1-3H3,(H2,18,19)/t11-,16+/m0/s1. The predicted molar refractivity (Wildman–Crippen MR) is 88.7 cm³/mol. The van der Waals surface area contributed by atoms with Crippen LogP contribution in [-0.4, -0.2) is 29.9 Å². The number of amides is 1. The number of nitrogens with zero attached hydrogens (tertiary/aromatic N) is 2. The molecular formula is C16H20BrN3O2. The summed E-state index contributed by atoms with van der Waals surface area (Å²) in [5, 5.41) is 0. The molecule has 0 unspecified atom stereocenters. The number of carbonyl (C=O) groups excluding carboxylic acids is 1. The molecule has 0 saturated carbocycles. The van der Waals surface area contributed by atoms with Crippen LogP contribution in [0.25, 0.3) is 0 Å². The quantitative estimate of drug-likeness (QED) is 0.875. The highest BCUT2D eigenvalue weighted by Crippen LogP contribution is 2.47. The van der Waals surface area contributed by atoms with Crippen LogP contribution in [0.1, 0.15) is 32.3 Å². The first-order chi connectivity index (χ1) is 10.3. The van der Waals surface area contributed by atoms with Gasteiger partial charge in [-0.3, -0.25) is 9.69 Å². The second-order valence-electron chi connectivity index (χ2n) is 6.41. The molecule has 0 saturated heterocycles. The van der Waals surface area contributed by atoms with Crippen molar-refractivity contribution in [3.8, 4) is 5.75 Å². The van der Waals surface area contributed by atoms with Gasteiger partial charge in [0, 0.05) is 23.5 Å². The zero-order valence-electron chi connectivity index (χ0n) is 13.0. The van der Waals surface area contributed by atoms with E-state index in [4.69, 9.17) is 10.5 Å². The number of carbonyl (C=O) groups is 1. The molecule has 1 amide bonds. The Hall–Kier alpha value is -1.56. The van der Waals surface area contributed by atoms with Crippen molar-refractivity contribution < 1.29 is 9.53 Å². The van der Waals surface area contributed by atoms with Gasteiger partial charge in [0.05, 0.1) is 0 Å². The number of aliphatic imine (C=N–C) groups is 1. The molecule has 2 atom stereocenters. The normalized spacial score (nSPS) is 27.1. The number of likely N-dealkylation sites (N-methyl/N-ethyl adjacent to an activating group) is 1. The maximum atomic E-state index is 12.9. The van der Waals surface area contributed by atoms with E-state index >= 15 is 0 Å². The molecule has 1 aromatic rings. The van der Waals surface area contributed by atoms with Gasteiger partial charge in [-0.25, -0.2) is 4.99 Å². The first kappa shape index (κ1) is 15.3. The van der Waals surface area contributed by atoms with Crippen LogP contribution >= 0.6 is 15.9 Å². The number of fused-ring (bicyclic) bond motifs is 2. The Morgan fingerprint density at radius 2 is 2.27 bits per heavy atom. The average molecular weight is 366 g/mol. The largest absolute Gasteiger partial charge is 0.490 e. The van der Waals surface area contributed by atoms with Gasteiger partial charge in [-0.2, -0.15) is 0 Å². The van der Waals surface area contributed by atoms with Crippen LogP contribution in [0, 0.1) is 5.92 Å². The highest BCUT2D eigenvalue weighted by atomic mass is 79.9. The number of nitrogens with two attached hydrogens (primary N) is 1. The van der Waals surface area contributed by atoms with Gasteiger partial charge in [-0.05, 0) is 30.5 Å². The summed E-state index contributed by atoms with van der Waals surface area (Å²) >= 11 is 3.47. The molecule has 2 N–H and O–H groups in total. The minimum atomic E-state index is -0.949. The van der Waals surface area contributed by atoms with E-state index in [2.05, 4.69) is 34.8 Å². The SMILES string of the molecule is CC(C)C[C@H]1C[C@@]2(N=C(N)N(C)C2=O)c2cc(Br)ccc2O1. The lowest BCUT2D eigenvalue weighted by molar-refractivity contribution is -0.132. The van der Waals surface area contributed by atoms with E-state index < -0.39 is 5.54 Å². The molecule has 6 heteroatoms. The number of guanidine groups is 1. The zero-order valence-corrected chi connectivity index (χ0v) is 14.6. The van der Waals surface area contributed by atoms with Gasteiger partial charge in [-0.15, -0.1) is 0 Å². The zero-order chi connectivity index (χ0) is 16.1. The minimum Gasteiger partial charge on any atom is -0.490 e. The van der Waals surface area contributed by atoms with Crippen LogP contribution in [0.15, 0.2) is 27.7 Å². The van der Waals surface area contributed by atoms with Crippen molar-refractivity contribution in [1.82, 2.24) is 4.90 Å². The van der Waals surface area contributed by atoms with Crippen LogP contribution in [-0.2, 0) is 10.3 Å². The smallest absolute Gasteiger partial charge is 0.261 e. The Morgan fingerprint density at radius 1 is 1.55 bits per heavy atom. The highest BCUT2D eigenvalue weighted by molar-refractivity contribution is 9.10. The van der Waals surface area contributed by atoms with Crippen molar-refractivity contribution in [2.24, 2.45) is 16.6 Å². The first-order valence-corrected chi connectivity index (χ1v) is 8.23. The molecule has 22 heavy (non-hydrogen) atoms. The molecule has 3 rings (SSSR count). The molecule has 1 aromatic carbocycles. The number of ether oxygens (including phenoxy) is 1. The molecule has 2 aliphatic rings. The summed E-state index contributed by atoms with van der Waals surface area (Å²) in [4.78, 5) is 18.8. The predicted octanol–water partition coefficient (Wildman–Crippen LogP) is 2.63. The number of hydrogen-bond acceptors (Lipinski definition) is 4. The van der Waals surface area contributed by atoms with Gasteiger partial charge in [0.2, 0.25) is 0 Å². The molecule has 1 spiro atoms. The second-order valence-corrected chi connectivity index (χ2v) is 7.32. The summed E-state index contributed by atoms with van der Waals surface area (Å²) in [5.74, 6) is 1.39. The van der Waals surface area contributed by atoms with Gasteiger partial charge in [0.25, 0.3) is 5.91 Å². The third kappa shape index (κ3) is 2.29. The summed E-state index contributed by atoms with van der Waals surface area (Å²) in [6, 6.07) is 5.72. The maximum Gasteiger partial charge on any atom is 0.261 e. The van der Waals surface area contributed by atoms with Crippen LogP contribution in [0.3, 0.4) is 0 Å². The van der Waals surface area contributed by atoms with Gasteiger partial charge in [0.15, 0.2) is 11.5 Å². The van der Waals surface area contributed by atoms with Crippen LogP contribution in [0.2, 0.25) is 0 Å². The van der Waals surface area contributed by atoms with Crippen LogP contribution in [0.5, 0.6) is 5.75 Å². The third-order valence-corrected chi connectivity index (χ3v) is 4.74. The Balaban J connectivity index is 2.12. The summed E-state index contributed by atoms with van der Waals surface area (Å²) in [7, 11) is 1.67. The molecule has 2 aliphatic heterocycles. The monoisotopic (exact) mass is 365 g/mol. The minimum absolute atomic E-state index is 0.0410. The Kier molecular flexibility index (Phi) is 3.67. The van der Waals surface area contributed by atoms with E-state index in [-0.39, 0.29) is 18.0 Å². The van der Waals surface area contributed by atoms with Crippen LogP contribution in [0.4, 0.5) is 0 Å². The number of rotatable bonds is 2. The lowest BCUT2D eigenvalue weighted by Crippen LogP contribution is -2.45. The molecule has 5 nitrogen and oxygen atoms in total. The highest BCUT2D eigenvalue weighted by Gasteiger charge is 2.53. The fraction of sp³-hybridized carbons (Fsp3) is 0.500. The van der Waals surface area contributed by atoms with Crippen molar-refractivity contribution in [3.63, 3.8) is 0 Å². The lowest BCUT2D eigenvalue weighted by Gasteiger charge is -2.37. The number of halogens is 1. The van der Waals surface area contributed by atoms with Crippen molar-refractivity contribution in [2.45, 2.75) is 38.3 Å². The van der Waals surface area contributed by atoms with Crippen molar-refractivity contribution in [2.75, 3.05) is 7.05 Å². The van der Waals surface area contributed by atoms with Gasteiger partial charge in [0.1, 0.15) is 11.9 Å². The molecule has 0 bridgehead atoms. The molecule has 2 heterocycles. The molecular weight excluding hydrogens is 346 g/mol. The van der Waals surface area contributed by atoms with E-state index in [0.29, 0.717) is 12.3 Å². The van der Waals surface area contributed by atoms with E-state index in [1.807, 2.05) is 18.2 Å². The van der Waals surface area contributed by atoms with E-state index in [1.165, 1.54) is 4.90 Å². The summed E-state index contributed by atoms with van der Waals surface area (Å²) in [6.07, 6.45) is 1.36. The second kappa shape index (κ2) is 5.26. The summed E-state index contributed by atoms with van der Waals surface area (Å²) in [5.41, 5.74) is 5.76. The maximum absolute atomic E-state index is 12.9. The molecule has 0 fully saturated rings. The Morgan fingerprint density at radius 3 is 2.86 bits per heavy atom. The van der Waals surface area contributed by atoms with Crippen molar-refractivity contribution in [3.05, 3.63) is 28.2 Å². The first-order valence-electron chi connectivity index (χ1n) is 7.43. The molecule has 0 aromatic heterocycles. The van der Waals surface area contributed by atoms with Crippen LogP contribution < -0.4 is 10.5 Å². The van der Waals surface area contributed by atoms with Gasteiger partial charge in [-0.1, -0.05) is 29.8 Å². The van der Waals surface area contributed by atoms with E-state index in [1.54, 1.807) is 7.05 Å². The van der Waals surface area contributed by atoms with E-state index in [9.17, 15) is 4.79 Å². The topological polar surface area (TPSA) is 67.9 Å². The Bertz CT molecular complexity index is 659. The fourth-order valence-corrected chi connectivity index (χ4v) is 3.62. The third-order valence-electron chi connectivity index (χ3n) is 4.25. The summed E-state index contributed by atoms with van der Waals surface area (Å²) in [6.45, 7) is 4.29. The number of hydrogen-bond donors (Lipinski definition) is 1. The van der Waals surface area contributed by atoms with E-state index in [0.717, 1.165) is 22.2 Å². The molecule has 0 aliphatic carbocycles. The number of benzene rings is 1. The van der Waals surface area contributed by atoms with Crippen molar-refractivity contribution in [1.29, 1.82) is 0 Å². The van der Waals surface area contributed by atoms with Crippen molar-refractivity contribution >= 4 is 27.8 Å². The average Bonchev–Trinajstić information content (AvgIpc) is 2.64. The summed E-state index contributed by atoms with van der Waals surface area (Å²) < 4.78 is 7.00. The van der Waals surface area contributed by atoms with Gasteiger partial charge < -0.3 is 10.5 Å². The molecule has 0 radical (unpaired) electrons. The lowest BCUT2D eigenvalue weighted by atomic mass is 9.80. The fourth-order valence-electron chi connectivity index (χ4n) is 3.25. The Labute approximate surface area is 138 Å². The van der Waals surface area contributed by atoms with Gasteiger partial charge >= 0.3 is 0 Å².